The van der Waals surface area contributed by atoms with Gasteiger partial charge < -0.3 is 9.84 Å². The van der Waals surface area contributed by atoms with Crippen LogP contribution >= 0.6 is 0 Å². The molecule has 0 radical (unpaired) electrons. The summed E-state index contributed by atoms with van der Waals surface area (Å²) in [4.78, 5) is 34.6. The van der Waals surface area contributed by atoms with Gasteiger partial charge in [-0.25, -0.2) is 4.79 Å². The molecule has 0 saturated heterocycles. The van der Waals surface area contributed by atoms with E-state index in [2.05, 4.69) is 0 Å². The molecule has 0 bridgehead atoms. The van der Waals surface area contributed by atoms with Crippen molar-refractivity contribution in [2.75, 3.05) is 6.61 Å². The lowest BCUT2D eigenvalue weighted by Crippen LogP contribution is -2.31. The predicted molar refractivity (Wildman–Crippen MR) is 80.6 cm³/mol. The van der Waals surface area contributed by atoms with Gasteiger partial charge in [0.15, 0.2) is 18.2 Å². The van der Waals surface area contributed by atoms with Crippen LogP contribution < -0.4 is 4.74 Å². The Morgan fingerprint density at radius 3 is 2.23 bits per heavy atom. The van der Waals surface area contributed by atoms with Crippen LogP contribution in [0.15, 0.2) is 29.8 Å². The van der Waals surface area contributed by atoms with Crippen LogP contribution in [0.3, 0.4) is 0 Å². The van der Waals surface area contributed by atoms with E-state index in [0.717, 1.165) is 0 Å². The van der Waals surface area contributed by atoms with Gasteiger partial charge in [0.2, 0.25) is 0 Å². The van der Waals surface area contributed by atoms with Gasteiger partial charge in [0.05, 0.1) is 5.57 Å². The molecular weight excluding hydrogens is 284 g/mol. The number of hydrogen-bond donors (Lipinski definition) is 1. The van der Waals surface area contributed by atoms with Crippen molar-refractivity contribution in [3.63, 3.8) is 0 Å². The monoisotopic (exact) mass is 302 g/mol. The Labute approximate surface area is 128 Å². The fourth-order valence-electron chi connectivity index (χ4n) is 2.41. The molecule has 22 heavy (non-hydrogen) atoms. The molecule has 0 heterocycles. The molecule has 0 aromatic heterocycles. The highest BCUT2D eigenvalue weighted by Gasteiger charge is 2.35. The largest absolute Gasteiger partial charge is 0.482 e. The van der Waals surface area contributed by atoms with E-state index < -0.39 is 12.6 Å². The third-order valence-electron chi connectivity index (χ3n) is 3.43. The highest BCUT2D eigenvalue weighted by atomic mass is 16.5. The fourth-order valence-corrected chi connectivity index (χ4v) is 2.41. The first-order valence-electron chi connectivity index (χ1n) is 7.00. The number of carbonyl (C=O) groups is 3. The molecule has 0 amide bonds. The summed E-state index contributed by atoms with van der Waals surface area (Å²) >= 11 is 0. The van der Waals surface area contributed by atoms with Crippen molar-refractivity contribution in [2.45, 2.75) is 26.7 Å². The molecule has 116 valence electrons. The van der Waals surface area contributed by atoms with E-state index in [1.807, 2.05) is 13.8 Å². The topological polar surface area (TPSA) is 80.7 Å². The van der Waals surface area contributed by atoms with Crippen LogP contribution in [-0.4, -0.2) is 29.2 Å². The van der Waals surface area contributed by atoms with Gasteiger partial charge >= 0.3 is 5.97 Å². The number of ketones is 2. The zero-order valence-corrected chi connectivity index (χ0v) is 12.6. The third kappa shape index (κ3) is 4.04. The fraction of sp³-hybridized carbons (Fsp3) is 0.353. The van der Waals surface area contributed by atoms with Gasteiger partial charge in [0, 0.05) is 12.8 Å². The number of ether oxygens (including phenoxy) is 1. The lowest BCUT2D eigenvalue weighted by atomic mass is 9.74. The molecule has 0 spiro atoms. The van der Waals surface area contributed by atoms with E-state index in [4.69, 9.17) is 9.84 Å². The zero-order valence-electron chi connectivity index (χ0n) is 12.6. The smallest absolute Gasteiger partial charge is 0.341 e. The molecule has 1 aliphatic rings. The third-order valence-corrected chi connectivity index (χ3v) is 3.43. The maximum atomic E-state index is 12.1. The van der Waals surface area contributed by atoms with Crippen molar-refractivity contribution < 1.29 is 24.2 Å². The molecule has 2 rings (SSSR count). The Morgan fingerprint density at radius 2 is 1.73 bits per heavy atom. The van der Waals surface area contributed by atoms with E-state index >= 15 is 0 Å². The van der Waals surface area contributed by atoms with Gasteiger partial charge in [-0.05, 0) is 29.2 Å². The minimum Gasteiger partial charge on any atom is -0.482 e. The number of aliphatic carboxylic acids is 1. The minimum absolute atomic E-state index is 0.132. The number of benzene rings is 1. The lowest BCUT2D eigenvalue weighted by Gasteiger charge is -2.28. The van der Waals surface area contributed by atoms with Crippen LogP contribution in [0.1, 0.15) is 32.3 Å². The molecule has 0 unspecified atom stereocenters. The average molecular weight is 302 g/mol. The average Bonchev–Trinajstić information content (AvgIpc) is 2.41. The molecule has 0 atom stereocenters. The molecule has 5 nitrogen and oxygen atoms in total. The summed E-state index contributed by atoms with van der Waals surface area (Å²) in [5, 5.41) is 8.54. The van der Waals surface area contributed by atoms with Crippen LogP contribution in [-0.2, 0) is 14.4 Å². The first-order valence-corrected chi connectivity index (χ1v) is 7.00. The molecule has 1 fully saturated rings. The summed E-state index contributed by atoms with van der Waals surface area (Å²) in [5.41, 5.74) is 0.664. The number of carboxylic acids is 1. The standard InChI is InChI=1S/C17H18O5/c1-17(2)8-14(18)13(15(19)9-17)7-11-3-5-12(6-4-11)22-10-16(20)21/h3-7H,8-10H2,1-2H3,(H,20,21). The van der Waals surface area contributed by atoms with Crippen molar-refractivity contribution in [1.29, 1.82) is 0 Å². The summed E-state index contributed by atoms with van der Waals surface area (Å²) in [7, 11) is 0. The van der Waals surface area contributed by atoms with Crippen molar-refractivity contribution in [3.05, 3.63) is 35.4 Å². The zero-order chi connectivity index (χ0) is 16.3. The summed E-state index contributed by atoms with van der Waals surface area (Å²) in [5.74, 6) is -0.890. The van der Waals surface area contributed by atoms with Crippen LogP contribution in [0.2, 0.25) is 0 Å². The van der Waals surface area contributed by atoms with Gasteiger partial charge in [-0.15, -0.1) is 0 Å². The Morgan fingerprint density at radius 1 is 1.18 bits per heavy atom. The van der Waals surface area contributed by atoms with E-state index in [1.54, 1.807) is 30.3 Å². The predicted octanol–water partition coefficient (Wildman–Crippen LogP) is 2.49. The van der Waals surface area contributed by atoms with Gasteiger partial charge in [-0.2, -0.15) is 0 Å². The molecule has 1 aromatic carbocycles. The number of hydrogen-bond acceptors (Lipinski definition) is 4. The second kappa shape index (κ2) is 6.13. The maximum Gasteiger partial charge on any atom is 0.341 e. The van der Waals surface area contributed by atoms with Crippen molar-refractivity contribution in [2.24, 2.45) is 5.41 Å². The first-order chi connectivity index (χ1) is 10.3. The molecule has 5 heteroatoms. The second-order valence-corrected chi connectivity index (χ2v) is 6.17. The van der Waals surface area contributed by atoms with Gasteiger partial charge in [-0.1, -0.05) is 26.0 Å². The van der Waals surface area contributed by atoms with Gasteiger partial charge in [0.25, 0.3) is 0 Å². The van der Waals surface area contributed by atoms with Crippen LogP contribution in [0.4, 0.5) is 0 Å². The van der Waals surface area contributed by atoms with Crippen LogP contribution in [0, 0.1) is 5.41 Å². The molecule has 1 aromatic rings. The Bertz CT molecular complexity index is 616. The van der Waals surface area contributed by atoms with Crippen molar-refractivity contribution in [3.8, 4) is 5.75 Å². The number of carbonyl (C=O) groups excluding carboxylic acids is 2. The Balaban J connectivity index is 2.14. The summed E-state index contributed by atoms with van der Waals surface area (Å²) in [6.45, 7) is 3.41. The van der Waals surface area contributed by atoms with Gasteiger partial charge in [-0.3, -0.25) is 9.59 Å². The van der Waals surface area contributed by atoms with Crippen molar-refractivity contribution in [1.82, 2.24) is 0 Å². The number of carboxylic acid groups (broad SMARTS) is 1. The molecule has 1 N–H and O–H groups in total. The van der Waals surface area contributed by atoms with Crippen molar-refractivity contribution >= 4 is 23.6 Å². The molecule has 0 aliphatic heterocycles. The minimum atomic E-state index is -1.05. The van der Waals surface area contributed by atoms with Crippen LogP contribution in [0.25, 0.3) is 6.08 Å². The maximum absolute atomic E-state index is 12.1. The summed E-state index contributed by atoms with van der Waals surface area (Å²) in [6, 6.07) is 6.59. The van der Waals surface area contributed by atoms with E-state index in [9.17, 15) is 14.4 Å². The quantitative estimate of drug-likeness (QED) is 0.682. The SMILES string of the molecule is CC1(C)CC(=O)C(=Cc2ccc(OCC(=O)O)cc2)C(=O)C1. The van der Waals surface area contributed by atoms with E-state index in [-0.39, 0.29) is 22.6 Å². The molecule has 1 aliphatic carbocycles. The first kappa shape index (κ1) is 15.9. The van der Waals surface area contributed by atoms with Gasteiger partial charge in [0.1, 0.15) is 5.75 Å². The normalized spacial score (nSPS) is 17.3. The number of rotatable bonds is 4. The second-order valence-electron chi connectivity index (χ2n) is 6.17. The number of allylic oxidation sites excluding steroid dienone is 1. The van der Waals surface area contributed by atoms with Crippen LogP contribution in [0.5, 0.6) is 5.75 Å². The molecular formula is C17H18O5. The summed E-state index contributed by atoms with van der Waals surface area (Å²) in [6.07, 6.45) is 2.32. The molecule has 1 saturated carbocycles. The van der Waals surface area contributed by atoms with E-state index in [1.165, 1.54) is 0 Å². The Hall–Kier alpha value is -2.43. The Kier molecular flexibility index (Phi) is 4.45. The number of Topliss-reactive ketones (excluding diaryl/α,β-unsaturated/α-hetero) is 2. The summed E-state index contributed by atoms with van der Waals surface area (Å²) < 4.78 is 5.03. The van der Waals surface area contributed by atoms with E-state index in [0.29, 0.717) is 24.2 Å². The highest BCUT2D eigenvalue weighted by molar-refractivity contribution is 6.25. The highest BCUT2D eigenvalue weighted by Crippen LogP contribution is 2.34. The lowest BCUT2D eigenvalue weighted by molar-refractivity contribution is -0.139.